The maximum atomic E-state index is 5.82. The van der Waals surface area contributed by atoms with Crippen LogP contribution < -0.4 is 0 Å². The smallest absolute Gasteiger partial charge is 0.110 e. The lowest BCUT2D eigenvalue weighted by molar-refractivity contribution is 0.0939. The Kier molecular flexibility index (Phi) is 5.42. The van der Waals surface area contributed by atoms with E-state index < -0.39 is 0 Å². The van der Waals surface area contributed by atoms with Crippen molar-refractivity contribution in [2.45, 2.75) is 58.0 Å². The van der Waals surface area contributed by atoms with Crippen LogP contribution in [0.25, 0.3) is 0 Å². The molecule has 0 bridgehead atoms. The molecule has 1 heterocycles. The first kappa shape index (κ1) is 14.9. The highest BCUT2D eigenvalue weighted by Crippen LogP contribution is 2.32. The van der Waals surface area contributed by atoms with Gasteiger partial charge < -0.3 is 0 Å². The normalized spacial score (nSPS) is 14.3. The second kappa shape index (κ2) is 6.17. The number of aromatic nitrogens is 1. The monoisotopic (exact) mass is 274 g/mol. The van der Waals surface area contributed by atoms with Crippen molar-refractivity contribution in [3.63, 3.8) is 0 Å². The summed E-state index contributed by atoms with van der Waals surface area (Å²) >= 11 is 7.54. The van der Waals surface area contributed by atoms with Crippen molar-refractivity contribution < 1.29 is 0 Å². The molecule has 0 radical (unpaired) electrons. The fourth-order valence-corrected chi connectivity index (χ4v) is 3.10. The van der Waals surface area contributed by atoms with Crippen LogP contribution in [-0.2, 0) is 5.88 Å². The van der Waals surface area contributed by atoms with Gasteiger partial charge in [-0.25, -0.2) is 4.98 Å². The minimum Gasteiger partial charge on any atom is -0.292 e. The summed E-state index contributed by atoms with van der Waals surface area (Å²) in [5.74, 6) is 0.508. The Hall–Kier alpha value is -0.120. The third-order valence-electron chi connectivity index (χ3n) is 3.67. The average Bonchev–Trinajstić information content (AvgIpc) is 2.78. The molecule has 0 saturated carbocycles. The van der Waals surface area contributed by atoms with Gasteiger partial charge in [-0.1, -0.05) is 13.8 Å². The lowest BCUT2D eigenvalue weighted by Crippen LogP contribution is -2.42. The molecule has 4 heteroatoms. The van der Waals surface area contributed by atoms with Gasteiger partial charge in [-0.05, 0) is 33.7 Å². The maximum Gasteiger partial charge on any atom is 0.110 e. The summed E-state index contributed by atoms with van der Waals surface area (Å²) in [6.07, 6.45) is 2.21. The Morgan fingerprint density at radius 3 is 2.53 bits per heavy atom. The summed E-state index contributed by atoms with van der Waals surface area (Å²) < 4.78 is 0. The number of hydrogen-bond donors (Lipinski definition) is 0. The van der Waals surface area contributed by atoms with Gasteiger partial charge in [-0.2, -0.15) is 0 Å². The van der Waals surface area contributed by atoms with Crippen molar-refractivity contribution in [1.29, 1.82) is 0 Å². The summed E-state index contributed by atoms with van der Waals surface area (Å²) in [5.41, 5.74) is 1.20. The molecule has 0 aromatic carbocycles. The van der Waals surface area contributed by atoms with Crippen molar-refractivity contribution in [3.05, 3.63) is 16.1 Å². The molecule has 1 unspecified atom stereocenters. The Morgan fingerprint density at radius 1 is 1.47 bits per heavy atom. The number of halogens is 1. The molecule has 17 heavy (non-hydrogen) atoms. The number of rotatable bonds is 6. The standard InChI is InChI=1S/C13H23ClN2S/c1-6-11(16(5)13(3,4)7-2)12-15-10(8-14)9-17-12/h9,11H,6-8H2,1-5H3. The van der Waals surface area contributed by atoms with Crippen LogP contribution in [0.2, 0.25) is 0 Å². The van der Waals surface area contributed by atoms with Crippen LogP contribution in [0.3, 0.4) is 0 Å². The molecule has 0 aliphatic carbocycles. The minimum absolute atomic E-state index is 0.202. The van der Waals surface area contributed by atoms with E-state index in [0.717, 1.165) is 18.5 Å². The molecule has 0 N–H and O–H groups in total. The van der Waals surface area contributed by atoms with Crippen molar-refractivity contribution in [2.24, 2.45) is 0 Å². The molecule has 0 spiro atoms. The molecule has 0 aliphatic rings. The quantitative estimate of drug-likeness (QED) is 0.713. The van der Waals surface area contributed by atoms with Crippen LogP contribution in [0, 0.1) is 0 Å². The molecule has 2 nitrogen and oxygen atoms in total. The summed E-state index contributed by atoms with van der Waals surface area (Å²) in [6.45, 7) is 9.02. The summed E-state index contributed by atoms with van der Waals surface area (Å²) in [6, 6.07) is 0.395. The highest BCUT2D eigenvalue weighted by atomic mass is 35.5. The van der Waals surface area contributed by atoms with Crippen LogP contribution in [0.4, 0.5) is 0 Å². The molecular weight excluding hydrogens is 252 g/mol. The fourth-order valence-electron chi connectivity index (χ4n) is 1.82. The van der Waals surface area contributed by atoms with E-state index >= 15 is 0 Å². The predicted octanol–water partition coefficient (Wildman–Crippen LogP) is 4.45. The van der Waals surface area contributed by atoms with E-state index in [1.807, 2.05) is 0 Å². The van der Waals surface area contributed by atoms with Crippen molar-refractivity contribution >= 4 is 22.9 Å². The molecule has 1 aromatic heterocycles. The van der Waals surface area contributed by atoms with Crippen LogP contribution in [0.5, 0.6) is 0 Å². The van der Waals surface area contributed by atoms with Crippen molar-refractivity contribution in [2.75, 3.05) is 7.05 Å². The zero-order valence-electron chi connectivity index (χ0n) is 11.5. The maximum absolute atomic E-state index is 5.82. The van der Waals surface area contributed by atoms with Crippen molar-refractivity contribution in [3.8, 4) is 0 Å². The van der Waals surface area contributed by atoms with Crippen LogP contribution in [-0.4, -0.2) is 22.5 Å². The van der Waals surface area contributed by atoms with Crippen LogP contribution >= 0.6 is 22.9 Å². The third kappa shape index (κ3) is 3.43. The number of thiazole rings is 1. The first-order valence-corrected chi connectivity index (χ1v) is 7.60. The largest absolute Gasteiger partial charge is 0.292 e. The lowest BCUT2D eigenvalue weighted by Gasteiger charge is -2.39. The van der Waals surface area contributed by atoms with Crippen molar-refractivity contribution in [1.82, 2.24) is 9.88 Å². The SMILES string of the molecule is CCC(c1nc(CCl)cs1)N(C)C(C)(C)CC. The van der Waals surface area contributed by atoms with Gasteiger partial charge in [0.25, 0.3) is 0 Å². The fraction of sp³-hybridized carbons (Fsp3) is 0.769. The summed E-state index contributed by atoms with van der Waals surface area (Å²) in [4.78, 5) is 7.05. The number of nitrogens with zero attached hydrogens (tertiary/aromatic N) is 2. The summed E-state index contributed by atoms with van der Waals surface area (Å²) in [7, 11) is 2.19. The van der Waals surface area contributed by atoms with E-state index in [-0.39, 0.29) is 5.54 Å². The Labute approximate surface area is 114 Å². The average molecular weight is 275 g/mol. The van der Waals surface area contributed by atoms with E-state index in [1.165, 1.54) is 5.01 Å². The minimum atomic E-state index is 0.202. The molecule has 1 atom stereocenters. The molecule has 0 fully saturated rings. The lowest BCUT2D eigenvalue weighted by atomic mass is 9.97. The number of hydrogen-bond acceptors (Lipinski definition) is 3. The molecule has 98 valence electrons. The third-order valence-corrected chi connectivity index (χ3v) is 4.93. The first-order valence-electron chi connectivity index (χ1n) is 6.19. The highest BCUT2D eigenvalue weighted by molar-refractivity contribution is 7.09. The first-order chi connectivity index (χ1) is 7.96. The van der Waals surface area contributed by atoms with Gasteiger partial charge in [0, 0.05) is 10.9 Å². The van der Waals surface area contributed by atoms with Gasteiger partial charge in [0.05, 0.1) is 17.6 Å². The molecule has 1 rings (SSSR count). The molecule has 0 saturated heterocycles. The van der Waals surface area contributed by atoms with E-state index in [1.54, 1.807) is 11.3 Å². The van der Waals surface area contributed by atoms with E-state index in [4.69, 9.17) is 11.6 Å². The van der Waals surface area contributed by atoms with E-state index in [0.29, 0.717) is 11.9 Å². The summed E-state index contributed by atoms with van der Waals surface area (Å²) in [5, 5.41) is 3.25. The van der Waals surface area contributed by atoms with E-state index in [9.17, 15) is 0 Å². The second-order valence-electron chi connectivity index (χ2n) is 5.01. The van der Waals surface area contributed by atoms with Gasteiger partial charge in [0.2, 0.25) is 0 Å². The Morgan fingerprint density at radius 2 is 2.12 bits per heavy atom. The topological polar surface area (TPSA) is 16.1 Å². The Bertz CT molecular complexity index is 349. The zero-order chi connectivity index (χ0) is 13.1. The number of alkyl halides is 1. The Balaban J connectivity index is 2.91. The van der Waals surface area contributed by atoms with Crippen LogP contribution in [0.15, 0.2) is 5.38 Å². The van der Waals surface area contributed by atoms with Crippen LogP contribution in [0.1, 0.15) is 57.3 Å². The zero-order valence-corrected chi connectivity index (χ0v) is 13.0. The molecular formula is C13H23ClN2S. The van der Waals surface area contributed by atoms with Gasteiger partial charge in [0.15, 0.2) is 0 Å². The predicted molar refractivity (Wildman–Crippen MR) is 76.8 cm³/mol. The van der Waals surface area contributed by atoms with Gasteiger partial charge in [-0.15, -0.1) is 22.9 Å². The highest BCUT2D eigenvalue weighted by Gasteiger charge is 2.29. The second-order valence-corrected chi connectivity index (χ2v) is 6.17. The van der Waals surface area contributed by atoms with Gasteiger partial charge in [-0.3, -0.25) is 4.90 Å². The van der Waals surface area contributed by atoms with Gasteiger partial charge in [0.1, 0.15) is 5.01 Å². The van der Waals surface area contributed by atoms with E-state index in [2.05, 4.69) is 50.0 Å². The van der Waals surface area contributed by atoms with Gasteiger partial charge >= 0.3 is 0 Å². The molecule has 0 amide bonds. The molecule has 0 aliphatic heterocycles. The molecule has 1 aromatic rings.